The number of carbonyl (C=O) groups excluding carboxylic acids is 3. The molecule has 4 amide bonds. The Balaban J connectivity index is 1.41. The molecule has 3 rings (SSSR count). The summed E-state index contributed by atoms with van der Waals surface area (Å²) in [6.07, 6.45) is 9.09. The Morgan fingerprint density at radius 2 is 1.96 bits per heavy atom. The molecule has 1 saturated carbocycles. The number of amides is 4. The van der Waals surface area contributed by atoms with Crippen molar-refractivity contribution >= 4 is 17.8 Å². The van der Waals surface area contributed by atoms with E-state index in [1.165, 1.54) is 19.3 Å². The summed E-state index contributed by atoms with van der Waals surface area (Å²) in [7, 11) is 0. The molecule has 7 nitrogen and oxygen atoms in total. The van der Waals surface area contributed by atoms with Crippen molar-refractivity contribution in [2.75, 3.05) is 26.2 Å². The first-order valence-corrected chi connectivity index (χ1v) is 11.1. The minimum atomic E-state index is -0.770. The van der Waals surface area contributed by atoms with Gasteiger partial charge in [-0.15, -0.1) is 0 Å². The van der Waals surface area contributed by atoms with Crippen LogP contribution in [0, 0.1) is 5.92 Å². The van der Waals surface area contributed by atoms with Crippen LogP contribution in [0.4, 0.5) is 4.79 Å². The molecular weight excluding hydrogens is 356 g/mol. The lowest BCUT2D eigenvalue weighted by molar-refractivity contribution is -0.136. The van der Waals surface area contributed by atoms with E-state index in [1.807, 2.05) is 0 Å². The van der Waals surface area contributed by atoms with Crippen LogP contribution in [-0.4, -0.2) is 65.4 Å². The average Bonchev–Trinajstić information content (AvgIpc) is 2.91. The second-order valence-corrected chi connectivity index (χ2v) is 8.84. The highest BCUT2D eigenvalue weighted by Crippen LogP contribution is 2.37. The molecule has 0 radical (unpaired) electrons. The molecule has 2 N–H and O–H groups in total. The van der Waals surface area contributed by atoms with E-state index in [1.54, 1.807) is 0 Å². The molecule has 0 aromatic carbocycles. The summed E-state index contributed by atoms with van der Waals surface area (Å²) in [5, 5.41) is 5.76. The molecule has 2 saturated heterocycles. The van der Waals surface area contributed by atoms with Gasteiger partial charge in [0.2, 0.25) is 5.91 Å². The Labute approximate surface area is 168 Å². The van der Waals surface area contributed by atoms with Crippen LogP contribution >= 0.6 is 0 Å². The lowest BCUT2D eigenvalue weighted by Gasteiger charge is -2.34. The topological polar surface area (TPSA) is 81.8 Å². The SMILES string of the molecule is CCC1CCC2(CC1)NC(=O)N(CC(=O)NCCCN1CCCCC1C)C2=O. The van der Waals surface area contributed by atoms with Crippen molar-refractivity contribution in [1.82, 2.24) is 20.4 Å². The number of urea groups is 1. The Hall–Kier alpha value is -1.63. The predicted octanol–water partition coefficient (Wildman–Crippen LogP) is 2.26. The zero-order valence-corrected chi connectivity index (χ0v) is 17.5. The van der Waals surface area contributed by atoms with E-state index < -0.39 is 11.6 Å². The van der Waals surface area contributed by atoms with Crippen molar-refractivity contribution in [3.8, 4) is 0 Å². The number of nitrogens with one attached hydrogen (secondary N) is 2. The van der Waals surface area contributed by atoms with Crippen molar-refractivity contribution in [2.45, 2.75) is 83.2 Å². The summed E-state index contributed by atoms with van der Waals surface area (Å²) in [4.78, 5) is 41.0. The number of nitrogens with zero attached hydrogens (tertiary/aromatic N) is 2. The molecule has 0 aromatic rings. The third-order valence-electron chi connectivity index (χ3n) is 6.97. The first-order chi connectivity index (χ1) is 13.4. The lowest BCUT2D eigenvalue weighted by atomic mass is 9.75. The van der Waals surface area contributed by atoms with E-state index in [9.17, 15) is 14.4 Å². The third kappa shape index (κ3) is 4.67. The van der Waals surface area contributed by atoms with Gasteiger partial charge in [0.15, 0.2) is 0 Å². The Morgan fingerprint density at radius 1 is 1.21 bits per heavy atom. The van der Waals surface area contributed by atoms with Gasteiger partial charge in [-0.2, -0.15) is 0 Å². The number of hydrogen-bond acceptors (Lipinski definition) is 4. The summed E-state index contributed by atoms with van der Waals surface area (Å²) in [5.74, 6) is 0.161. The van der Waals surface area contributed by atoms with Gasteiger partial charge in [0.05, 0.1) is 0 Å². The van der Waals surface area contributed by atoms with Gasteiger partial charge < -0.3 is 15.5 Å². The molecule has 3 aliphatic rings. The first-order valence-electron chi connectivity index (χ1n) is 11.1. The van der Waals surface area contributed by atoms with Crippen molar-refractivity contribution in [2.24, 2.45) is 5.92 Å². The van der Waals surface area contributed by atoms with Crippen LogP contribution in [0.3, 0.4) is 0 Å². The zero-order chi connectivity index (χ0) is 20.1. The minimum Gasteiger partial charge on any atom is -0.354 e. The molecule has 1 atom stereocenters. The smallest absolute Gasteiger partial charge is 0.325 e. The second kappa shape index (κ2) is 9.25. The standard InChI is InChI=1S/C21H36N4O3/c1-3-17-8-10-21(11-9-17)19(27)25(20(28)23-21)15-18(26)22-12-6-14-24-13-5-4-7-16(24)2/h16-17H,3-15H2,1-2H3,(H,22,26)(H,23,28). The van der Waals surface area contributed by atoms with E-state index in [0.29, 0.717) is 31.3 Å². The molecule has 1 unspecified atom stereocenters. The summed E-state index contributed by atoms with van der Waals surface area (Å²) in [6, 6.07) is 0.201. The highest BCUT2D eigenvalue weighted by atomic mass is 16.2. The zero-order valence-electron chi connectivity index (χ0n) is 17.5. The maximum absolute atomic E-state index is 12.9. The molecule has 3 fully saturated rings. The molecule has 0 bridgehead atoms. The highest BCUT2D eigenvalue weighted by Gasteiger charge is 2.52. The van der Waals surface area contributed by atoms with Crippen molar-refractivity contribution < 1.29 is 14.4 Å². The van der Waals surface area contributed by atoms with E-state index in [4.69, 9.17) is 0 Å². The molecule has 158 valence electrons. The maximum Gasteiger partial charge on any atom is 0.325 e. The number of imide groups is 1. The normalized spacial score (nSPS) is 31.3. The van der Waals surface area contributed by atoms with Gasteiger partial charge in [-0.3, -0.25) is 14.5 Å². The maximum atomic E-state index is 12.9. The van der Waals surface area contributed by atoms with Gasteiger partial charge in [-0.05, 0) is 64.3 Å². The van der Waals surface area contributed by atoms with Gasteiger partial charge in [-0.25, -0.2) is 4.79 Å². The molecular formula is C21H36N4O3. The molecule has 7 heteroatoms. The molecule has 1 aliphatic carbocycles. The van der Waals surface area contributed by atoms with Crippen LogP contribution in [0.5, 0.6) is 0 Å². The number of hydrogen-bond donors (Lipinski definition) is 2. The molecule has 1 spiro atoms. The molecule has 28 heavy (non-hydrogen) atoms. The Kier molecular flexibility index (Phi) is 6.96. The van der Waals surface area contributed by atoms with Crippen molar-refractivity contribution in [3.63, 3.8) is 0 Å². The van der Waals surface area contributed by atoms with Gasteiger partial charge in [-0.1, -0.05) is 19.8 Å². The van der Waals surface area contributed by atoms with Crippen molar-refractivity contribution in [3.05, 3.63) is 0 Å². The fourth-order valence-corrected chi connectivity index (χ4v) is 4.94. The van der Waals surface area contributed by atoms with E-state index in [2.05, 4.69) is 29.4 Å². The van der Waals surface area contributed by atoms with Crippen LogP contribution in [0.2, 0.25) is 0 Å². The van der Waals surface area contributed by atoms with Crippen LogP contribution in [-0.2, 0) is 9.59 Å². The summed E-state index contributed by atoms with van der Waals surface area (Å²) in [6.45, 7) is 6.95. The molecule has 0 aromatic heterocycles. The van der Waals surface area contributed by atoms with Gasteiger partial charge >= 0.3 is 6.03 Å². The van der Waals surface area contributed by atoms with E-state index >= 15 is 0 Å². The van der Waals surface area contributed by atoms with Gasteiger partial charge in [0.25, 0.3) is 5.91 Å². The molecule has 2 heterocycles. The van der Waals surface area contributed by atoms with Crippen LogP contribution in [0.25, 0.3) is 0 Å². The van der Waals surface area contributed by atoms with E-state index in [-0.39, 0.29) is 18.4 Å². The lowest BCUT2D eigenvalue weighted by Crippen LogP contribution is -2.50. The monoisotopic (exact) mass is 392 g/mol. The third-order valence-corrected chi connectivity index (χ3v) is 6.97. The predicted molar refractivity (Wildman–Crippen MR) is 108 cm³/mol. The van der Waals surface area contributed by atoms with Crippen LogP contribution in [0.1, 0.15) is 71.6 Å². The fraction of sp³-hybridized carbons (Fsp3) is 0.857. The van der Waals surface area contributed by atoms with Gasteiger partial charge in [0, 0.05) is 19.1 Å². The van der Waals surface area contributed by atoms with E-state index in [0.717, 1.165) is 43.7 Å². The largest absolute Gasteiger partial charge is 0.354 e. The quantitative estimate of drug-likeness (QED) is 0.514. The number of rotatable bonds is 7. The Bertz CT molecular complexity index is 586. The minimum absolute atomic E-state index is 0.177. The highest BCUT2D eigenvalue weighted by molar-refractivity contribution is 6.09. The second-order valence-electron chi connectivity index (χ2n) is 8.84. The number of carbonyl (C=O) groups is 3. The average molecular weight is 393 g/mol. The van der Waals surface area contributed by atoms with Crippen LogP contribution < -0.4 is 10.6 Å². The first kappa shape index (κ1) is 21.1. The van der Waals surface area contributed by atoms with Crippen LogP contribution in [0.15, 0.2) is 0 Å². The Morgan fingerprint density at radius 3 is 2.64 bits per heavy atom. The summed E-state index contributed by atoms with van der Waals surface area (Å²) >= 11 is 0. The number of piperidine rings is 1. The fourth-order valence-electron chi connectivity index (χ4n) is 4.94. The summed E-state index contributed by atoms with van der Waals surface area (Å²) < 4.78 is 0. The summed E-state index contributed by atoms with van der Waals surface area (Å²) in [5.41, 5.74) is -0.770. The van der Waals surface area contributed by atoms with Gasteiger partial charge in [0.1, 0.15) is 12.1 Å². The number of likely N-dealkylation sites (tertiary alicyclic amines) is 1. The van der Waals surface area contributed by atoms with Crippen molar-refractivity contribution in [1.29, 1.82) is 0 Å². The molecule has 2 aliphatic heterocycles.